The summed E-state index contributed by atoms with van der Waals surface area (Å²) in [5.41, 5.74) is 7.35. The van der Waals surface area contributed by atoms with Crippen LogP contribution in [0.2, 0.25) is 0 Å². The quantitative estimate of drug-likeness (QED) is 0.942. The highest BCUT2D eigenvalue weighted by atomic mass is 79.9. The molecule has 1 aromatic heterocycles. The summed E-state index contributed by atoms with van der Waals surface area (Å²) in [5.74, 6) is 1.08. The van der Waals surface area contributed by atoms with Crippen molar-refractivity contribution in [1.82, 2.24) is 9.55 Å². The van der Waals surface area contributed by atoms with E-state index in [2.05, 4.69) is 27.0 Å². The first-order chi connectivity index (χ1) is 8.18. The van der Waals surface area contributed by atoms with Gasteiger partial charge >= 0.3 is 0 Å². The van der Waals surface area contributed by atoms with Gasteiger partial charge in [0.1, 0.15) is 5.82 Å². The molecule has 90 valence electrons. The fourth-order valence-electron chi connectivity index (χ4n) is 1.85. The van der Waals surface area contributed by atoms with Crippen LogP contribution < -0.4 is 5.73 Å². The summed E-state index contributed by atoms with van der Waals surface area (Å²) in [6, 6.07) is 8.14. The predicted octanol–water partition coefficient (Wildman–Crippen LogP) is 2.82. The minimum atomic E-state index is 0.0438. The van der Waals surface area contributed by atoms with Crippen molar-refractivity contribution in [2.75, 3.05) is 0 Å². The van der Waals surface area contributed by atoms with Crippen LogP contribution in [-0.4, -0.2) is 9.55 Å². The topological polar surface area (TPSA) is 43.8 Å². The van der Waals surface area contributed by atoms with Crippen molar-refractivity contribution in [2.24, 2.45) is 12.8 Å². The van der Waals surface area contributed by atoms with Gasteiger partial charge in [-0.1, -0.05) is 34.1 Å². The highest BCUT2D eigenvalue weighted by Crippen LogP contribution is 2.24. The summed E-state index contributed by atoms with van der Waals surface area (Å²) >= 11 is 3.53. The van der Waals surface area contributed by atoms with E-state index in [9.17, 15) is 0 Å². The number of aryl methyl sites for hydroxylation is 2. The second kappa shape index (κ2) is 5.47. The van der Waals surface area contributed by atoms with Crippen molar-refractivity contribution >= 4 is 15.9 Å². The first kappa shape index (κ1) is 12.3. The number of nitrogens with two attached hydrogens (primary N) is 1. The van der Waals surface area contributed by atoms with Crippen molar-refractivity contribution in [3.8, 4) is 0 Å². The molecule has 3 nitrogen and oxygen atoms in total. The van der Waals surface area contributed by atoms with Gasteiger partial charge in [-0.3, -0.25) is 0 Å². The maximum Gasteiger partial charge on any atom is 0.108 e. The van der Waals surface area contributed by atoms with E-state index in [1.165, 1.54) is 0 Å². The summed E-state index contributed by atoms with van der Waals surface area (Å²) in [5, 5.41) is 0. The molecule has 1 unspecified atom stereocenters. The van der Waals surface area contributed by atoms with E-state index >= 15 is 0 Å². The predicted molar refractivity (Wildman–Crippen MR) is 72.6 cm³/mol. The van der Waals surface area contributed by atoms with Crippen LogP contribution in [0.5, 0.6) is 0 Å². The molecule has 0 radical (unpaired) electrons. The molecule has 0 aliphatic carbocycles. The third kappa shape index (κ3) is 2.96. The van der Waals surface area contributed by atoms with Crippen LogP contribution in [-0.2, 0) is 13.5 Å². The number of benzene rings is 1. The van der Waals surface area contributed by atoms with Gasteiger partial charge in [0.15, 0.2) is 0 Å². The maximum absolute atomic E-state index is 6.20. The minimum absolute atomic E-state index is 0.0438. The van der Waals surface area contributed by atoms with Crippen molar-refractivity contribution in [3.63, 3.8) is 0 Å². The lowest BCUT2D eigenvalue weighted by Crippen LogP contribution is -2.13. The Morgan fingerprint density at radius 3 is 2.82 bits per heavy atom. The molecule has 2 rings (SSSR count). The standard InChI is InChI=1S/C13H16BrN3/c1-17-9-8-16-13(17)7-6-12(15)10-4-2-3-5-11(10)14/h2-5,8-9,12H,6-7,15H2,1H3. The second-order valence-electron chi connectivity index (χ2n) is 4.12. The molecule has 0 aliphatic rings. The van der Waals surface area contributed by atoms with Crippen LogP contribution in [0.15, 0.2) is 41.1 Å². The number of halogens is 1. The molecule has 0 fully saturated rings. The van der Waals surface area contributed by atoms with Crippen LogP contribution in [0.25, 0.3) is 0 Å². The zero-order valence-electron chi connectivity index (χ0n) is 9.81. The smallest absolute Gasteiger partial charge is 0.108 e. The molecule has 0 spiro atoms. The molecular formula is C13H16BrN3. The van der Waals surface area contributed by atoms with Gasteiger partial charge in [-0.15, -0.1) is 0 Å². The molecule has 4 heteroatoms. The van der Waals surface area contributed by atoms with Gasteiger partial charge in [-0.25, -0.2) is 4.98 Å². The molecule has 1 aromatic carbocycles. The zero-order chi connectivity index (χ0) is 12.3. The number of hydrogen-bond donors (Lipinski definition) is 1. The van der Waals surface area contributed by atoms with Gasteiger partial charge in [0, 0.05) is 36.4 Å². The van der Waals surface area contributed by atoms with Crippen molar-refractivity contribution < 1.29 is 0 Å². The average molecular weight is 294 g/mol. The summed E-state index contributed by atoms with van der Waals surface area (Å²) in [4.78, 5) is 4.30. The van der Waals surface area contributed by atoms with Crippen molar-refractivity contribution in [1.29, 1.82) is 0 Å². The second-order valence-corrected chi connectivity index (χ2v) is 4.98. The molecular weight excluding hydrogens is 278 g/mol. The van der Waals surface area contributed by atoms with Gasteiger partial charge in [0.2, 0.25) is 0 Å². The van der Waals surface area contributed by atoms with E-state index in [0.29, 0.717) is 0 Å². The van der Waals surface area contributed by atoms with E-state index in [1.807, 2.05) is 42.2 Å². The Bertz CT molecular complexity index is 493. The van der Waals surface area contributed by atoms with Crippen LogP contribution in [0.3, 0.4) is 0 Å². The fourth-order valence-corrected chi connectivity index (χ4v) is 2.43. The van der Waals surface area contributed by atoms with Gasteiger partial charge < -0.3 is 10.3 Å². The zero-order valence-corrected chi connectivity index (χ0v) is 11.4. The molecule has 1 atom stereocenters. The van der Waals surface area contributed by atoms with Crippen molar-refractivity contribution in [3.05, 3.63) is 52.5 Å². The molecule has 0 amide bonds. The molecule has 0 saturated heterocycles. The van der Waals surface area contributed by atoms with E-state index in [1.54, 1.807) is 0 Å². The third-order valence-electron chi connectivity index (χ3n) is 2.90. The average Bonchev–Trinajstić information content (AvgIpc) is 2.72. The molecule has 0 bridgehead atoms. The van der Waals surface area contributed by atoms with Crippen LogP contribution in [0.1, 0.15) is 23.9 Å². The van der Waals surface area contributed by atoms with Gasteiger partial charge in [0.05, 0.1) is 0 Å². The lowest BCUT2D eigenvalue weighted by atomic mass is 10.0. The summed E-state index contributed by atoms with van der Waals surface area (Å²) in [6.07, 6.45) is 5.57. The number of nitrogens with zero attached hydrogens (tertiary/aromatic N) is 2. The van der Waals surface area contributed by atoms with Crippen LogP contribution in [0.4, 0.5) is 0 Å². The largest absolute Gasteiger partial charge is 0.338 e. The Hall–Kier alpha value is -1.13. The lowest BCUT2D eigenvalue weighted by Gasteiger charge is -2.13. The summed E-state index contributed by atoms with van der Waals surface area (Å²) < 4.78 is 3.11. The minimum Gasteiger partial charge on any atom is -0.338 e. The molecule has 0 saturated carbocycles. The van der Waals surface area contributed by atoms with Crippen LogP contribution >= 0.6 is 15.9 Å². The van der Waals surface area contributed by atoms with Crippen LogP contribution in [0, 0.1) is 0 Å². The maximum atomic E-state index is 6.20. The highest BCUT2D eigenvalue weighted by molar-refractivity contribution is 9.10. The normalized spacial score (nSPS) is 12.6. The molecule has 1 heterocycles. The SMILES string of the molecule is Cn1ccnc1CCC(N)c1ccccc1Br. The summed E-state index contributed by atoms with van der Waals surface area (Å²) in [7, 11) is 2.01. The Kier molecular flexibility index (Phi) is 3.97. The lowest BCUT2D eigenvalue weighted by molar-refractivity contribution is 0.619. The van der Waals surface area contributed by atoms with Gasteiger partial charge in [0.25, 0.3) is 0 Å². The van der Waals surface area contributed by atoms with Gasteiger partial charge in [-0.05, 0) is 18.1 Å². The number of hydrogen-bond acceptors (Lipinski definition) is 2. The third-order valence-corrected chi connectivity index (χ3v) is 3.63. The van der Waals surface area contributed by atoms with E-state index < -0.39 is 0 Å². The number of rotatable bonds is 4. The van der Waals surface area contributed by atoms with E-state index in [0.717, 1.165) is 28.7 Å². The molecule has 2 aromatic rings. The van der Waals surface area contributed by atoms with Gasteiger partial charge in [-0.2, -0.15) is 0 Å². The molecule has 17 heavy (non-hydrogen) atoms. The van der Waals surface area contributed by atoms with Crippen molar-refractivity contribution in [2.45, 2.75) is 18.9 Å². The Morgan fingerprint density at radius 1 is 1.41 bits per heavy atom. The first-order valence-electron chi connectivity index (χ1n) is 5.64. The molecule has 2 N–H and O–H groups in total. The highest BCUT2D eigenvalue weighted by Gasteiger charge is 2.10. The van der Waals surface area contributed by atoms with E-state index in [-0.39, 0.29) is 6.04 Å². The number of imidazole rings is 1. The monoisotopic (exact) mass is 293 g/mol. The number of aromatic nitrogens is 2. The molecule has 0 aliphatic heterocycles. The first-order valence-corrected chi connectivity index (χ1v) is 6.44. The fraction of sp³-hybridized carbons (Fsp3) is 0.308. The summed E-state index contributed by atoms with van der Waals surface area (Å²) in [6.45, 7) is 0. The Balaban J connectivity index is 2.01. The Labute approximate surface area is 110 Å². The Morgan fingerprint density at radius 2 is 2.18 bits per heavy atom. The van der Waals surface area contributed by atoms with E-state index in [4.69, 9.17) is 5.73 Å².